The quantitative estimate of drug-likeness (QED) is 0.575. The highest BCUT2D eigenvalue weighted by Gasteiger charge is 2.26. The molecule has 0 fully saturated rings. The summed E-state index contributed by atoms with van der Waals surface area (Å²) in [6.07, 6.45) is 4.91. The first-order valence-electron chi connectivity index (χ1n) is 3.17. The molecule has 1 N–H and O–H groups in total. The molecule has 3 heteroatoms. The van der Waals surface area contributed by atoms with Gasteiger partial charge in [0.15, 0.2) is 0 Å². The minimum Gasteiger partial charge on any atom is -0.344 e. The zero-order valence-electron chi connectivity index (χ0n) is 6.64. The number of hydrogen-bond acceptors (Lipinski definition) is 2. The minimum absolute atomic E-state index is 0.171. The molecule has 58 valence electrons. The lowest BCUT2D eigenvalue weighted by Gasteiger charge is -2.12. The van der Waals surface area contributed by atoms with Gasteiger partial charge in [-0.3, -0.25) is 4.79 Å². The molecule has 0 aliphatic heterocycles. The molecule has 0 saturated carbocycles. The van der Waals surface area contributed by atoms with Crippen LogP contribution in [0.4, 0.5) is 0 Å². The molecule has 0 radical (unpaired) electrons. The van der Waals surface area contributed by atoms with Crippen LogP contribution in [0.1, 0.15) is 13.8 Å². The van der Waals surface area contributed by atoms with Crippen LogP contribution in [-0.4, -0.2) is 12.5 Å². The van der Waals surface area contributed by atoms with E-state index in [-0.39, 0.29) is 12.5 Å². The monoisotopic (exact) mass is 150 g/mol. The van der Waals surface area contributed by atoms with Crippen molar-refractivity contribution in [2.24, 2.45) is 5.41 Å². The summed E-state index contributed by atoms with van der Waals surface area (Å²) in [5.74, 6) is 1.92. The van der Waals surface area contributed by atoms with Gasteiger partial charge in [-0.25, -0.2) is 0 Å². The fraction of sp³-hybridized carbons (Fsp3) is 0.500. The molecule has 0 atom stereocenters. The molecule has 0 aliphatic carbocycles. The van der Waals surface area contributed by atoms with Crippen molar-refractivity contribution in [1.82, 2.24) is 5.32 Å². The topological polar surface area (TPSA) is 52.9 Å². The summed E-state index contributed by atoms with van der Waals surface area (Å²) in [5, 5.41) is 10.9. The van der Waals surface area contributed by atoms with Crippen LogP contribution in [0.2, 0.25) is 0 Å². The minimum atomic E-state index is -0.989. The highest BCUT2D eigenvalue weighted by atomic mass is 16.2. The third kappa shape index (κ3) is 2.73. The number of nitriles is 1. The Morgan fingerprint density at radius 2 is 2.27 bits per heavy atom. The van der Waals surface area contributed by atoms with Crippen molar-refractivity contribution in [1.29, 1.82) is 5.26 Å². The predicted octanol–water partition coefficient (Wildman–Crippen LogP) is 0.286. The number of carbonyl (C=O) groups excluding carboxylic acids is 1. The van der Waals surface area contributed by atoms with Crippen LogP contribution in [0.15, 0.2) is 0 Å². The summed E-state index contributed by atoms with van der Waals surface area (Å²) in [4.78, 5) is 11.0. The van der Waals surface area contributed by atoms with Crippen LogP contribution < -0.4 is 5.32 Å². The van der Waals surface area contributed by atoms with E-state index in [1.807, 2.05) is 6.07 Å². The fourth-order valence-electron chi connectivity index (χ4n) is 0.403. The molecule has 0 aromatic rings. The van der Waals surface area contributed by atoms with Gasteiger partial charge in [-0.1, -0.05) is 5.92 Å². The average molecular weight is 150 g/mol. The summed E-state index contributed by atoms with van der Waals surface area (Å²) in [5.41, 5.74) is -0.989. The van der Waals surface area contributed by atoms with Crippen molar-refractivity contribution in [3.8, 4) is 18.4 Å². The normalized spacial score (nSPS) is 9.45. The predicted molar refractivity (Wildman–Crippen MR) is 41.2 cm³/mol. The standard InChI is InChI=1S/C8H10N2O/c1-4-5-10-7(11)8(2,3)6-9/h1H,5H2,2-3H3,(H,10,11). The van der Waals surface area contributed by atoms with Crippen molar-refractivity contribution in [3.05, 3.63) is 0 Å². The van der Waals surface area contributed by atoms with E-state index in [4.69, 9.17) is 11.7 Å². The smallest absolute Gasteiger partial charge is 0.240 e. The highest BCUT2D eigenvalue weighted by molar-refractivity contribution is 5.84. The number of nitrogens with one attached hydrogen (secondary N) is 1. The van der Waals surface area contributed by atoms with Crippen LogP contribution >= 0.6 is 0 Å². The van der Waals surface area contributed by atoms with Gasteiger partial charge in [0.25, 0.3) is 0 Å². The van der Waals surface area contributed by atoms with Crippen LogP contribution in [0.25, 0.3) is 0 Å². The molecule has 0 saturated heterocycles. The SMILES string of the molecule is C#CCNC(=O)C(C)(C)C#N. The summed E-state index contributed by atoms with van der Waals surface area (Å²) in [7, 11) is 0. The molecular weight excluding hydrogens is 140 g/mol. The Balaban J connectivity index is 4.08. The van der Waals surface area contributed by atoms with Crippen LogP contribution in [-0.2, 0) is 4.79 Å². The van der Waals surface area contributed by atoms with Gasteiger partial charge in [0, 0.05) is 0 Å². The maximum Gasteiger partial charge on any atom is 0.240 e. The third-order valence-corrected chi connectivity index (χ3v) is 1.20. The Morgan fingerprint density at radius 3 is 2.64 bits per heavy atom. The van der Waals surface area contributed by atoms with Gasteiger partial charge in [0.2, 0.25) is 5.91 Å². The number of amides is 1. The summed E-state index contributed by atoms with van der Waals surface area (Å²) < 4.78 is 0. The first-order valence-corrected chi connectivity index (χ1v) is 3.17. The lowest BCUT2D eigenvalue weighted by atomic mass is 9.95. The molecule has 0 aromatic heterocycles. The molecule has 1 amide bonds. The zero-order chi connectivity index (χ0) is 8.91. The maximum atomic E-state index is 11.0. The summed E-state index contributed by atoms with van der Waals surface area (Å²) in [6.45, 7) is 3.25. The largest absolute Gasteiger partial charge is 0.344 e. The molecule has 3 nitrogen and oxygen atoms in total. The van der Waals surface area contributed by atoms with Crippen molar-refractivity contribution < 1.29 is 4.79 Å². The van der Waals surface area contributed by atoms with Crippen LogP contribution in [0, 0.1) is 29.1 Å². The van der Waals surface area contributed by atoms with E-state index >= 15 is 0 Å². The fourth-order valence-corrected chi connectivity index (χ4v) is 0.403. The highest BCUT2D eigenvalue weighted by Crippen LogP contribution is 2.11. The Morgan fingerprint density at radius 1 is 1.73 bits per heavy atom. The lowest BCUT2D eigenvalue weighted by Crippen LogP contribution is -2.35. The van der Waals surface area contributed by atoms with E-state index in [1.54, 1.807) is 13.8 Å². The molecular formula is C8H10N2O. The summed E-state index contributed by atoms with van der Waals surface area (Å²) >= 11 is 0. The van der Waals surface area contributed by atoms with Gasteiger partial charge in [-0.05, 0) is 13.8 Å². The van der Waals surface area contributed by atoms with E-state index in [1.165, 1.54) is 0 Å². The molecule has 0 aromatic carbocycles. The van der Waals surface area contributed by atoms with E-state index < -0.39 is 5.41 Å². The van der Waals surface area contributed by atoms with Gasteiger partial charge in [0.05, 0.1) is 12.6 Å². The number of carbonyl (C=O) groups is 1. The molecule has 0 aliphatic rings. The number of nitrogens with zero attached hydrogens (tertiary/aromatic N) is 1. The average Bonchev–Trinajstić information content (AvgIpc) is 2.00. The van der Waals surface area contributed by atoms with Crippen LogP contribution in [0.5, 0.6) is 0 Å². The number of hydrogen-bond donors (Lipinski definition) is 1. The van der Waals surface area contributed by atoms with E-state index in [0.717, 1.165) is 0 Å². The molecule has 11 heavy (non-hydrogen) atoms. The Kier molecular flexibility index (Phi) is 3.14. The van der Waals surface area contributed by atoms with Crippen molar-refractivity contribution in [3.63, 3.8) is 0 Å². The van der Waals surface area contributed by atoms with E-state index in [0.29, 0.717) is 0 Å². The summed E-state index contributed by atoms with van der Waals surface area (Å²) in [6, 6.07) is 1.87. The first kappa shape index (κ1) is 9.52. The number of terminal acetylenes is 1. The van der Waals surface area contributed by atoms with Crippen molar-refractivity contribution in [2.75, 3.05) is 6.54 Å². The first-order chi connectivity index (χ1) is 5.04. The van der Waals surface area contributed by atoms with Crippen LogP contribution in [0.3, 0.4) is 0 Å². The third-order valence-electron chi connectivity index (χ3n) is 1.20. The molecule has 0 spiro atoms. The second-order valence-corrected chi connectivity index (χ2v) is 2.62. The van der Waals surface area contributed by atoms with Crippen molar-refractivity contribution in [2.45, 2.75) is 13.8 Å². The second-order valence-electron chi connectivity index (χ2n) is 2.62. The van der Waals surface area contributed by atoms with Gasteiger partial charge < -0.3 is 5.32 Å². The molecule has 0 rings (SSSR count). The van der Waals surface area contributed by atoms with Gasteiger partial charge in [-0.15, -0.1) is 6.42 Å². The van der Waals surface area contributed by atoms with Gasteiger partial charge in [0.1, 0.15) is 5.41 Å². The van der Waals surface area contributed by atoms with Gasteiger partial charge >= 0.3 is 0 Å². The molecule has 0 bridgehead atoms. The molecule has 0 heterocycles. The zero-order valence-corrected chi connectivity index (χ0v) is 6.64. The Labute approximate surface area is 66.4 Å². The number of rotatable bonds is 2. The lowest BCUT2D eigenvalue weighted by molar-refractivity contribution is -0.126. The van der Waals surface area contributed by atoms with Crippen molar-refractivity contribution >= 4 is 5.91 Å². The van der Waals surface area contributed by atoms with Gasteiger partial charge in [-0.2, -0.15) is 5.26 Å². The van der Waals surface area contributed by atoms with E-state index in [2.05, 4.69) is 11.2 Å². The molecule has 0 unspecified atom stereocenters. The maximum absolute atomic E-state index is 11.0. The van der Waals surface area contributed by atoms with E-state index in [9.17, 15) is 4.79 Å². The Hall–Kier alpha value is -1.48. The Bertz CT molecular complexity index is 229. The second kappa shape index (κ2) is 3.63.